The Labute approximate surface area is 148 Å². The Kier molecular flexibility index (Phi) is 6.22. The summed E-state index contributed by atoms with van der Waals surface area (Å²) in [4.78, 5) is 29.7. The average molecular weight is 350 g/mol. The van der Waals surface area contributed by atoms with Gasteiger partial charge in [-0.2, -0.15) is 0 Å². The second-order valence-corrected chi connectivity index (χ2v) is 6.96. The summed E-state index contributed by atoms with van der Waals surface area (Å²) in [6.45, 7) is 9.18. The first-order valence-corrected chi connectivity index (χ1v) is 8.53. The van der Waals surface area contributed by atoms with Gasteiger partial charge in [-0.25, -0.2) is 14.6 Å². The predicted molar refractivity (Wildman–Crippen MR) is 91.6 cm³/mol. The van der Waals surface area contributed by atoms with E-state index in [4.69, 9.17) is 14.2 Å². The molecule has 0 spiro atoms. The van der Waals surface area contributed by atoms with Crippen LogP contribution in [0, 0.1) is 5.92 Å². The molecule has 2 rings (SSSR count). The molecule has 138 valence electrons. The molecule has 7 nitrogen and oxygen atoms in total. The Morgan fingerprint density at radius 1 is 1.36 bits per heavy atom. The lowest BCUT2D eigenvalue weighted by Crippen LogP contribution is -2.35. The first kappa shape index (κ1) is 19.0. The molecule has 1 aromatic rings. The predicted octanol–water partition coefficient (Wildman–Crippen LogP) is 2.89. The molecule has 0 radical (unpaired) electrons. The van der Waals surface area contributed by atoms with Gasteiger partial charge in [-0.3, -0.25) is 0 Å². The van der Waals surface area contributed by atoms with Gasteiger partial charge in [0.15, 0.2) is 11.4 Å². The van der Waals surface area contributed by atoms with Crippen molar-refractivity contribution < 1.29 is 23.8 Å². The number of ether oxygens (including phenoxy) is 3. The first-order valence-electron chi connectivity index (χ1n) is 8.53. The molecule has 0 N–H and O–H groups in total. The van der Waals surface area contributed by atoms with E-state index in [1.54, 1.807) is 24.0 Å². The lowest BCUT2D eigenvalue weighted by atomic mass is 10.1. The smallest absolute Gasteiger partial charge is 0.410 e. The van der Waals surface area contributed by atoms with Crippen molar-refractivity contribution in [1.29, 1.82) is 0 Å². The van der Waals surface area contributed by atoms with E-state index in [0.29, 0.717) is 25.4 Å². The highest BCUT2D eigenvalue weighted by Crippen LogP contribution is 2.22. The summed E-state index contributed by atoms with van der Waals surface area (Å²) in [5, 5.41) is 0. The van der Waals surface area contributed by atoms with Gasteiger partial charge < -0.3 is 19.1 Å². The van der Waals surface area contributed by atoms with Crippen LogP contribution in [0.15, 0.2) is 18.3 Å². The molecule has 1 atom stereocenters. The number of carbonyl (C=O) groups excluding carboxylic acids is 2. The number of pyridine rings is 1. The van der Waals surface area contributed by atoms with E-state index < -0.39 is 11.6 Å². The number of esters is 1. The van der Waals surface area contributed by atoms with Crippen LogP contribution in [0.1, 0.15) is 44.6 Å². The maximum atomic E-state index is 12.1. The summed E-state index contributed by atoms with van der Waals surface area (Å²) >= 11 is 0. The topological polar surface area (TPSA) is 78.0 Å². The van der Waals surface area contributed by atoms with Gasteiger partial charge in [-0.05, 0) is 46.2 Å². The summed E-state index contributed by atoms with van der Waals surface area (Å²) < 4.78 is 16.1. The fourth-order valence-electron chi connectivity index (χ4n) is 2.53. The van der Waals surface area contributed by atoms with Gasteiger partial charge in [-0.15, -0.1) is 0 Å². The van der Waals surface area contributed by atoms with Crippen LogP contribution in [-0.4, -0.2) is 53.9 Å². The third kappa shape index (κ3) is 5.62. The number of hydrogen-bond acceptors (Lipinski definition) is 6. The molecule has 0 aliphatic carbocycles. The Hall–Kier alpha value is -2.31. The SMILES string of the molecule is CCOC(=O)c1ncccc1OCC1CCN(C(=O)OC(C)(C)C)C1. The number of likely N-dealkylation sites (tertiary alicyclic amines) is 1. The molecule has 0 saturated carbocycles. The third-order valence-electron chi connectivity index (χ3n) is 3.65. The van der Waals surface area contributed by atoms with Crippen molar-refractivity contribution in [3.63, 3.8) is 0 Å². The van der Waals surface area contributed by atoms with Crippen molar-refractivity contribution in [2.45, 2.75) is 39.7 Å². The van der Waals surface area contributed by atoms with Crippen LogP contribution in [-0.2, 0) is 9.47 Å². The van der Waals surface area contributed by atoms with E-state index in [1.165, 1.54) is 6.20 Å². The van der Waals surface area contributed by atoms with E-state index in [1.807, 2.05) is 20.8 Å². The number of aromatic nitrogens is 1. The van der Waals surface area contributed by atoms with Gasteiger partial charge in [0.25, 0.3) is 0 Å². The van der Waals surface area contributed by atoms with Crippen molar-refractivity contribution in [3.8, 4) is 5.75 Å². The van der Waals surface area contributed by atoms with E-state index in [9.17, 15) is 9.59 Å². The lowest BCUT2D eigenvalue weighted by molar-refractivity contribution is 0.0284. The minimum absolute atomic E-state index is 0.173. The largest absolute Gasteiger partial charge is 0.491 e. The van der Waals surface area contributed by atoms with Gasteiger partial charge in [0.2, 0.25) is 0 Å². The van der Waals surface area contributed by atoms with Gasteiger partial charge in [0.1, 0.15) is 5.60 Å². The molecule has 25 heavy (non-hydrogen) atoms. The molecular weight excluding hydrogens is 324 g/mol. The maximum absolute atomic E-state index is 12.1. The van der Waals surface area contributed by atoms with Crippen molar-refractivity contribution in [2.24, 2.45) is 5.92 Å². The van der Waals surface area contributed by atoms with Crippen LogP contribution in [0.5, 0.6) is 5.75 Å². The Balaban J connectivity index is 1.89. The minimum Gasteiger partial charge on any atom is -0.491 e. The summed E-state index contributed by atoms with van der Waals surface area (Å²) in [7, 11) is 0. The van der Waals surface area contributed by atoms with Crippen LogP contribution in [0.3, 0.4) is 0 Å². The quantitative estimate of drug-likeness (QED) is 0.760. The zero-order valence-corrected chi connectivity index (χ0v) is 15.3. The van der Waals surface area contributed by atoms with Gasteiger partial charge in [-0.1, -0.05) is 0 Å². The van der Waals surface area contributed by atoms with Crippen molar-refractivity contribution in [2.75, 3.05) is 26.3 Å². The number of hydrogen-bond donors (Lipinski definition) is 0. The molecule has 0 bridgehead atoms. The van der Waals surface area contributed by atoms with Gasteiger partial charge in [0.05, 0.1) is 13.2 Å². The van der Waals surface area contributed by atoms with Crippen LogP contribution in [0.25, 0.3) is 0 Å². The number of rotatable bonds is 5. The maximum Gasteiger partial charge on any atom is 0.410 e. The fourth-order valence-corrected chi connectivity index (χ4v) is 2.53. The van der Waals surface area contributed by atoms with Crippen LogP contribution < -0.4 is 4.74 Å². The monoisotopic (exact) mass is 350 g/mol. The molecule has 7 heteroatoms. The number of carbonyl (C=O) groups is 2. The molecule has 1 aromatic heterocycles. The molecule has 1 aliphatic rings. The molecule has 1 saturated heterocycles. The Bertz CT molecular complexity index is 612. The van der Waals surface area contributed by atoms with Crippen molar-refractivity contribution in [1.82, 2.24) is 9.88 Å². The molecule has 0 aromatic carbocycles. The standard InChI is InChI=1S/C18H26N2O5/c1-5-23-16(21)15-14(7-6-9-19-15)24-12-13-8-10-20(11-13)17(22)25-18(2,3)4/h6-7,9,13H,5,8,10-12H2,1-4H3. The second-order valence-electron chi connectivity index (χ2n) is 6.96. The van der Waals surface area contributed by atoms with E-state index in [2.05, 4.69) is 4.98 Å². The summed E-state index contributed by atoms with van der Waals surface area (Å²) in [5.41, 5.74) is -0.332. The first-order chi connectivity index (χ1) is 11.8. The van der Waals surface area contributed by atoms with E-state index in [0.717, 1.165) is 6.42 Å². The molecule has 1 unspecified atom stereocenters. The number of nitrogens with zero attached hydrogens (tertiary/aromatic N) is 2. The highest BCUT2D eigenvalue weighted by Gasteiger charge is 2.30. The van der Waals surface area contributed by atoms with Crippen molar-refractivity contribution in [3.05, 3.63) is 24.0 Å². The Morgan fingerprint density at radius 2 is 2.12 bits per heavy atom. The van der Waals surface area contributed by atoms with E-state index >= 15 is 0 Å². The van der Waals surface area contributed by atoms with Crippen LogP contribution >= 0.6 is 0 Å². The third-order valence-corrected chi connectivity index (χ3v) is 3.65. The summed E-state index contributed by atoms with van der Waals surface area (Å²) in [6.07, 6.45) is 2.05. The molecular formula is C18H26N2O5. The zero-order valence-electron chi connectivity index (χ0n) is 15.3. The lowest BCUT2D eigenvalue weighted by Gasteiger charge is -2.24. The number of amides is 1. The normalized spacial score (nSPS) is 17.3. The van der Waals surface area contributed by atoms with E-state index in [-0.39, 0.29) is 24.3 Å². The second kappa shape index (κ2) is 8.18. The summed E-state index contributed by atoms with van der Waals surface area (Å²) in [6, 6.07) is 3.40. The molecule has 1 fully saturated rings. The van der Waals surface area contributed by atoms with Crippen LogP contribution in [0.2, 0.25) is 0 Å². The zero-order chi connectivity index (χ0) is 18.4. The molecule has 1 aliphatic heterocycles. The molecule has 1 amide bonds. The fraction of sp³-hybridized carbons (Fsp3) is 0.611. The highest BCUT2D eigenvalue weighted by molar-refractivity contribution is 5.90. The highest BCUT2D eigenvalue weighted by atomic mass is 16.6. The van der Waals surface area contributed by atoms with Gasteiger partial charge >= 0.3 is 12.1 Å². The average Bonchev–Trinajstić information content (AvgIpc) is 3.01. The van der Waals surface area contributed by atoms with Crippen molar-refractivity contribution >= 4 is 12.1 Å². The molecule has 2 heterocycles. The Morgan fingerprint density at radius 3 is 2.80 bits per heavy atom. The van der Waals surface area contributed by atoms with Gasteiger partial charge in [0, 0.05) is 25.2 Å². The minimum atomic E-state index is -0.504. The summed E-state index contributed by atoms with van der Waals surface area (Å²) in [5.74, 6) is 0.0827. The van der Waals surface area contributed by atoms with Crippen LogP contribution in [0.4, 0.5) is 4.79 Å².